The molecule has 7 heteroatoms. The highest BCUT2D eigenvalue weighted by Crippen LogP contribution is 2.37. The van der Waals surface area contributed by atoms with Crippen LogP contribution in [0.1, 0.15) is 36.6 Å². The SMILES string of the molecule is C=CCN1C(=O)N[C@H](c2ccc(C)cc2)C2=C1CN([C@H](Cc1ccccc1)C(=O)NCC(C)C)C2=O. The molecular formula is C29H34N4O3. The first kappa shape index (κ1) is 25.2. The van der Waals surface area contributed by atoms with Gasteiger partial charge in [0.1, 0.15) is 6.04 Å². The smallest absolute Gasteiger partial charge is 0.322 e. The summed E-state index contributed by atoms with van der Waals surface area (Å²) in [4.78, 5) is 43.7. The van der Waals surface area contributed by atoms with Gasteiger partial charge in [-0.2, -0.15) is 0 Å². The molecule has 0 unspecified atom stereocenters. The van der Waals surface area contributed by atoms with Crippen LogP contribution in [0.4, 0.5) is 4.79 Å². The fourth-order valence-electron chi connectivity index (χ4n) is 4.70. The van der Waals surface area contributed by atoms with Crippen molar-refractivity contribution in [3.8, 4) is 0 Å². The van der Waals surface area contributed by atoms with Gasteiger partial charge in [0.25, 0.3) is 5.91 Å². The maximum atomic E-state index is 14.0. The first-order valence-electron chi connectivity index (χ1n) is 12.4. The average Bonchev–Trinajstić information content (AvgIpc) is 3.20. The Morgan fingerprint density at radius 2 is 1.83 bits per heavy atom. The van der Waals surface area contributed by atoms with Crippen molar-refractivity contribution < 1.29 is 14.4 Å². The van der Waals surface area contributed by atoms with E-state index in [4.69, 9.17) is 0 Å². The number of hydrogen-bond donors (Lipinski definition) is 2. The first-order chi connectivity index (χ1) is 17.3. The van der Waals surface area contributed by atoms with Gasteiger partial charge in [-0.3, -0.25) is 14.5 Å². The highest BCUT2D eigenvalue weighted by atomic mass is 16.2. The van der Waals surface area contributed by atoms with Crippen molar-refractivity contribution in [1.29, 1.82) is 0 Å². The van der Waals surface area contributed by atoms with Crippen molar-refractivity contribution in [3.05, 3.63) is 95.2 Å². The summed E-state index contributed by atoms with van der Waals surface area (Å²) in [5, 5.41) is 6.01. The van der Waals surface area contributed by atoms with Gasteiger partial charge in [-0.25, -0.2) is 4.79 Å². The second-order valence-corrected chi connectivity index (χ2v) is 9.83. The lowest BCUT2D eigenvalue weighted by atomic mass is 9.94. The quantitative estimate of drug-likeness (QED) is 0.530. The lowest BCUT2D eigenvalue weighted by Crippen LogP contribution is -2.50. The number of carbonyl (C=O) groups is 3. The Morgan fingerprint density at radius 1 is 1.14 bits per heavy atom. The van der Waals surface area contributed by atoms with Crippen molar-refractivity contribution in [3.63, 3.8) is 0 Å². The van der Waals surface area contributed by atoms with Crippen molar-refractivity contribution in [2.45, 2.75) is 39.3 Å². The molecule has 4 amide bonds. The minimum absolute atomic E-state index is 0.185. The Balaban J connectivity index is 1.71. The van der Waals surface area contributed by atoms with Gasteiger partial charge in [-0.05, 0) is 24.0 Å². The van der Waals surface area contributed by atoms with E-state index in [2.05, 4.69) is 17.2 Å². The lowest BCUT2D eigenvalue weighted by molar-refractivity contribution is -0.136. The van der Waals surface area contributed by atoms with E-state index in [-0.39, 0.29) is 36.9 Å². The normalized spacial score (nSPS) is 18.3. The third kappa shape index (κ3) is 5.20. The molecule has 36 heavy (non-hydrogen) atoms. The molecule has 2 aliphatic heterocycles. The summed E-state index contributed by atoms with van der Waals surface area (Å²) in [7, 11) is 0. The summed E-state index contributed by atoms with van der Waals surface area (Å²) >= 11 is 0. The molecule has 2 aliphatic rings. The molecule has 2 heterocycles. The monoisotopic (exact) mass is 486 g/mol. The van der Waals surface area contributed by atoms with Crippen molar-refractivity contribution >= 4 is 17.8 Å². The van der Waals surface area contributed by atoms with E-state index >= 15 is 0 Å². The van der Waals surface area contributed by atoms with Gasteiger partial charge in [0.15, 0.2) is 0 Å². The number of carbonyl (C=O) groups excluding carboxylic acids is 3. The molecule has 0 radical (unpaired) electrons. The Bertz CT molecular complexity index is 1170. The first-order valence-corrected chi connectivity index (χ1v) is 12.4. The fourth-order valence-corrected chi connectivity index (χ4v) is 4.70. The van der Waals surface area contributed by atoms with Gasteiger partial charge in [-0.15, -0.1) is 6.58 Å². The molecule has 2 aromatic carbocycles. The topological polar surface area (TPSA) is 81.8 Å². The zero-order chi connectivity index (χ0) is 25.8. The van der Waals surface area contributed by atoms with Crippen LogP contribution in [0.25, 0.3) is 0 Å². The van der Waals surface area contributed by atoms with Crippen LogP contribution < -0.4 is 10.6 Å². The van der Waals surface area contributed by atoms with Crippen LogP contribution in [0, 0.1) is 12.8 Å². The van der Waals surface area contributed by atoms with E-state index in [1.165, 1.54) is 0 Å². The predicted octanol–water partition coefficient (Wildman–Crippen LogP) is 3.73. The van der Waals surface area contributed by atoms with E-state index < -0.39 is 12.1 Å². The second kappa shape index (κ2) is 10.8. The van der Waals surface area contributed by atoms with E-state index in [0.717, 1.165) is 16.7 Å². The van der Waals surface area contributed by atoms with Crippen LogP contribution in [-0.2, 0) is 16.0 Å². The summed E-state index contributed by atoms with van der Waals surface area (Å²) in [6.45, 7) is 10.8. The highest BCUT2D eigenvalue weighted by molar-refractivity contribution is 6.03. The van der Waals surface area contributed by atoms with Crippen molar-refractivity contribution in [1.82, 2.24) is 20.4 Å². The number of urea groups is 1. The average molecular weight is 487 g/mol. The van der Waals surface area contributed by atoms with Gasteiger partial charge in [-0.1, -0.05) is 80.1 Å². The van der Waals surface area contributed by atoms with Crippen LogP contribution in [0.5, 0.6) is 0 Å². The van der Waals surface area contributed by atoms with Crippen LogP contribution in [0.2, 0.25) is 0 Å². The summed E-state index contributed by atoms with van der Waals surface area (Å²) < 4.78 is 0. The highest BCUT2D eigenvalue weighted by Gasteiger charge is 2.46. The molecule has 0 saturated carbocycles. The number of rotatable bonds is 9. The van der Waals surface area contributed by atoms with E-state index in [9.17, 15) is 14.4 Å². The van der Waals surface area contributed by atoms with Gasteiger partial charge in [0.2, 0.25) is 5.91 Å². The standard InChI is InChI=1S/C29H34N4O3/c1-5-15-32-24-18-33(23(27(34)30-17-19(2)3)16-21-9-7-6-8-10-21)28(35)25(24)26(31-29(32)36)22-13-11-20(4)12-14-22/h5-14,19,23,26H,1,15-18H2,2-4H3,(H,30,34)(H,31,36)/t23-,26-/m1/s1. The third-order valence-corrected chi connectivity index (χ3v) is 6.61. The maximum Gasteiger partial charge on any atom is 0.322 e. The van der Waals surface area contributed by atoms with Crippen LogP contribution in [0.15, 0.2) is 78.5 Å². The summed E-state index contributed by atoms with van der Waals surface area (Å²) in [6.07, 6.45) is 2.02. The summed E-state index contributed by atoms with van der Waals surface area (Å²) in [5.41, 5.74) is 4.03. The molecule has 0 aromatic heterocycles. The molecular weight excluding hydrogens is 452 g/mol. The molecule has 188 valence electrons. The Labute approximate surface area is 212 Å². The molecule has 2 aromatic rings. The molecule has 0 spiro atoms. The second-order valence-electron chi connectivity index (χ2n) is 9.83. The van der Waals surface area contributed by atoms with Crippen molar-refractivity contribution in [2.75, 3.05) is 19.6 Å². The largest absolute Gasteiger partial charge is 0.354 e. The number of benzene rings is 2. The summed E-state index contributed by atoms with van der Waals surface area (Å²) in [6, 6.07) is 15.9. The minimum atomic E-state index is -0.705. The zero-order valence-corrected chi connectivity index (χ0v) is 21.2. The molecule has 0 fully saturated rings. The summed E-state index contributed by atoms with van der Waals surface area (Å²) in [5.74, 6) is -0.143. The third-order valence-electron chi connectivity index (χ3n) is 6.61. The van der Waals surface area contributed by atoms with Gasteiger partial charge in [0.05, 0.1) is 23.9 Å². The number of nitrogens with one attached hydrogen (secondary N) is 2. The van der Waals surface area contributed by atoms with Crippen LogP contribution in [-0.4, -0.2) is 53.3 Å². The number of aryl methyl sites for hydroxylation is 1. The predicted molar refractivity (Wildman–Crippen MR) is 140 cm³/mol. The van der Waals surface area contributed by atoms with E-state index in [1.807, 2.05) is 75.4 Å². The van der Waals surface area contributed by atoms with Crippen LogP contribution >= 0.6 is 0 Å². The Morgan fingerprint density at radius 3 is 2.47 bits per heavy atom. The Hall–Kier alpha value is -3.87. The molecule has 4 rings (SSSR count). The van der Waals surface area contributed by atoms with E-state index in [0.29, 0.717) is 24.2 Å². The van der Waals surface area contributed by atoms with Gasteiger partial charge < -0.3 is 15.5 Å². The molecule has 2 N–H and O–H groups in total. The maximum absolute atomic E-state index is 14.0. The van der Waals surface area contributed by atoms with Crippen molar-refractivity contribution in [2.24, 2.45) is 5.92 Å². The molecule has 7 nitrogen and oxygen atoms in total. The lowest BCUT2D eigenvalue weighted by Gasteiger charge is -2.33. The molecule has 0 saturated heterocycles. The van der Waals surface area contributed by atoms with Gasteiger partial charge >= 0.3 is 6.03 Å². The van der Waals surface area contributed by atoms with Gasteiger partial charge in [0, 0.05) is 19.5 Å². The number of hydrogen-bond acceptors (Lipinski definition) is 3. The van der Waals surface area contributed by atoms with E-state index in [1.54, 1.807) is 15.9 Å². The Kier molecular flexibility index (Phi) is 7.58. The molecule has 2 atom stereocenters. The fraction of sp³-hybridized carbons (Fsp3) is 0.345. The molecule has 0 bridgehead atoms. The minimum Gasteiger partial charge on any atom is -0.354 e. The molecule has 0 aliphatic carbocycles. The number of nitrogens with zero attached hydrogens (tertiary/aromatic N) is 2. The zero-order valence-electron chi connectivity index (χ0n) is 21.2. The number of amides is 4. The van der Waals surface area contributed by atoms with Crippen LogP contribution in [0.3, 0.4) is 0 Å².